The Morgan fingerprint density at radius 3 is 2.71 bits per heavy atom. The smallest absolute Gasteiger partial charge is 0.248 e. The summed E-state index contributed by atoms with van der Waals surface area (Å²) in [5.74, 6) is 0.846. The molecule has 1 amide bonds. The quantitative estimate of drug-likeness (QED) is 0.821. The second kappa shape index (κ2) is 6.91. The normalized spacial score (nSPS) is 16.1. The Morgan fingerprint density at radius 2 is 2.10 bits per heavy atom. The van der Waals surface area contributed by atoms with E-state index in [2.05, 4.69) is 5.32 Å². The number of carbonyl (C=O) groups is 1. The third-order valence-electron chi connectivity index (χ3n) is 3.75. The SMILES string of the molecule is Cc1ccccc1OCCN(C)C(=O)COC1(C)CNC1. The first-order valence-electron chi connectivity index (χ1n) is 7.27. The lowest BCUT2D eigenvalue weighted by molar-refractivity contribution is -0.145. The fraction of sp³-hybridized carbons (Fsp3) is 0.562. The zero-order chi connectivity index (χ0) is 15.3. The standard InChI is InChI=1S/C16H24N2O3/c1-13-6-4-5-7-14(13)20-9-8-18(3)15(19)10-21-16(2)11-17-12-16/h4-7,17H,8-12H2,1-3H3. The van der Waals surface area contributed by atoms with E-state index >= 15 is 0 Å². The van der Waals surface area contributed by atoms with Gasteiger partial charge in [-0.3, -0.25) is 4.79 Å². The molecule has 1 saturated heterocycles. The number of likely N-dealkylation sites (N-methyl/N-ethyl adjacent to an activating group) is 1. The first-order chi connectivity index (χ1) is 10.0. The minimum Gasteiger partial charge on any atom is -0.491 e. The number of amides is 1. The summed E-state index contributed by atoms with van der Waals surface area (Å²) in [6.07, 6.45) is 0. The van der Waals surface area contributed by atoms with Crippen LogP contribution >= 0.6 is 0 Å². The van der Waals surface area contributed by atoms with Crippen molar-refractivity contribution in [2.24, 2.45) is 0 Å². The molecular weight excluding hydrogens is 268 g/mol. The van der Waals surface area contributed by atoms with Gasteiger partial charge in [-0.1, -0.05) is 18.2 Å². The molecular formula is C16H24N2O3. The highest BCUT2D eigenvalue weighted by atomic mass is 16.5. The van der Waals surface area contributed by atoms with Crippen LogP contribution in [0.25, 0.3) is 0 Å². The molecule has 0 unspecified atom stereocenters. The van der Waals surface area contributed by atoms with E-state index in [9.17, 15) is 4.79 Å². The van der Waals surface area contributed by atoms with Gasteiger partial charge in [-0.25, -0.2) is 0 Å². The van der Waals surface area contributed by atoms with Gasteiger partial charge in [0.15, 0.2) is 0 Å². The average molecular weight is 292 g/mol. The van der Waals surface area contributed by atoms with Gasteiger partial charge in [0.25, 0.3) is 0 Å². The number of hydrogen-bond acceptors (Lipinski definition) is 4. The van der Waals surface area contributed by atoms with E-state index in [4.69, 9.17) is 9.47 Å². The molecule has 5 heteroatoms. The van der Waals surface area contributed by atoms with Crippen molar-refractivity contribution in [1.29, 1.82) is 0 Å². The van der Waals surface area contributed by atoms with E-state index in [1.54, 1.807) is 11.9 Å². The average Bonchev–Trinajstić information content (AvgIpc) is 2.44. The number of para-hydroxylation sites is 1. The highest BCUT2D eigenvalue weighted by Gasteiger charge is 2.33. The van der Waals surface area contributed by atoms with Crippen molar-refractivity contribution in [3.05, 3.63) is 29.8 Å². The van der Waals surface area contributed by atoms with Crippen molar-refractivity contribution in [3.8, 4) is 5.75 Å². The molecule has 116 valence electrons. The minimum atomic E-state index is -0.186. The van der Waals surface area contributed by atoms with Crippen molar-refractivity contribution in [2.75, 3.05) is 39.9 Å². The van der Waals surface area contributed by atoms with Crippen LogP contribution in [0.2, 0.25) is 0 Å². The van der Waals surface area contributed by atoms with Gasteiger partial charge in [0.1, 0.15) is 19.0 Å². The molecule has 0 aliphatic carbocycles. The first kappa shape index (κ1) is 15.8. The molecule has 0 aromatic heterocycles. The van der Waals surface area contributed by atoms with E-state index in [1.807, 2.05) is 38.1 Å². The van der Waals surface area contributed by atoms with Crippen LogP contribution in [0.1, 0.15) is 12.5 Å². The maximum Gasteiger partial charge on any atom is 0.248 e. The van der Waals surface area contributed by atoms with Crippen LogP contribution in [0.3, 0.4) is 0 Å². The summed E-state index contributed by atoms with van der Waals surface area (Å²) < 4.78 is 11.3. The summed E-state index contributed by atoms with van der Waals surface area (Å²) in [5, 5.41) is 3.14. The summed E-state index contributed by atoms with van der Waals surface area (Å²) in [7, 11) is 1.77. The first-order valence-corrected chi connectivity index (χ1v) is 7.27. The Kier molecular flexibility index (Phi) is 5.20. The predicted molar refractivity (Wildman–Crippen MR) is 81.5 cm³/mol. The van der Waals surface area contributed by atoms with E-state index in [1.165, 1.54) is 0 Å². The van der Waals surface area contributed by atoms with Gasteiger partial charge in [0.2, 0.25) is 5.91 Å². The van der Waals surface area contributed by atoms with Crippen molar-refractivity contribution in [2.45, 2.75) is 19.4 Å². The highest BCUT2D eigenvalue weighted by Crippen LogP contribution is 2.16. The number of ether oxygens (including phenoxy) is 2. The van der Waals surface area contributed by atoms with Gasteiger partial charge in [-0.2, -0.15) is 0 Å². The van der Waals surface area contributed by atoms with E-state index in [-0.39, 0.29) is 18.1 Å². The molecule has 0 bridgehead atoms. The van der Waals surface area contributed by atoms with Crippen LogP contribution in [0.15, 0.2) is 24.3 Å². The van der Waals surface area contributed by atoms with E-state index in [0.717, 1.165) is 24.4 Å². The lowest BCUT2D eigenvalue weighted by atomic mass is 10.0. The number of hydrogen-bond donors (Lipinski definition) is 1. The van der Waals surface area contributed by atoms with Crippen molar-refractivity contribution in [1.82, 2.24) is 10.2 Å². The largest absolute Gasteiger partial charge is 0.491 e. The minimum absolute atomic E-state index is 0.0171. The predicted octanol–water partition coefficient (Wildman–Crippen LogP) is 1.21. The van der Waals surface area contributed by atoms with Crippen LogP contribution in [-0.4, -0.2) is 56.3 Å². The van der Waals surface area contributed by atoms with Crippen LogP contribution in [0, 0.1) is 6.92 Å². The van der Waals surface area contributed by atoms with Crippen LogP contribution in [-0.2, 0) is 9.53 Å². The maximum atomic E-state index is 12.0. The van der Waals surface area contributed by atoms with Crippen LogP contribution in [0.5, 0.6) is 5.75 Å². The Bertz CT molecular complexity index is 486. The van der Waals surface area contributed by atoms with E-state index in [0.29, 0.717) is 13.2 Å². The third-order valence-corrected chi connectivity index (χ3v) is 3.75. The van der Waals surface area contributed by atoms with Crippen LogP contribution in [0.4, 0.5) is 0 Å². The molecule has 1 aromatic rings. The van der Waals surface area contributed by atoms with Crippen molar-refractivity contribution in [3.63, 3.8) is 0 Å². The summed E-state index contributed by atoms with van der Waals surface area (Å²) in [6.45, 7) is 6.78. The number of carbonyl (C=O) groups excluding carboxylic acids is 1. The molecule has 0 spiro atoms. The summed E-state index contributed by atoms with van der Waals surface area (Å²) in [6, 6.07) is 7.86. The second-order valence-corrected chi connectivity index (χ2v) is 5.77. The Hall–Kier alpha value is -1.59. The number of nitrogens with zero attached hydrogens (tertiary/aromatic N) is 1. The summed E-state index contributed by atoms with van der Waals surface area (Å²) in [4.78, 5) is 13.6. The molecule has 2 rings (SSSR count). The molecule has 1 aliphatic heterocycles. The molecule has 0 saturated carbocycles. The zero-order valence-corrected chi connectivity index (χ0v) is 13.0. The lowest BCUT2D eigenvalue weighted by Crippen LogP contribution is -2.59. The van der Waals surface area contributed by atoms with Crippen molar-refractivity contribution >= 4 is 5.91 Å². The van der Waals surface area contributed by atoms with Gasteiger partial charge in [0, 0.05) is 20.1 Å². The molecule has 1 heterocycles. The van der Waals surface area contributed by atoms with E-state index < -0.39 is 0 Å². The number of benzene rings is 1. The zero-order valence-electron chi connectivity index (χ0n) is 13.0. The molecule has 1 aromatic carbocycles. The molecule has 1 fully saturated rings. The van der Waals surface area contributed by atoms with Gasteiger partial charge >= 0.3 is 0 Å². The molecule has 0 atom stereocenters. The maximum absolute atomic E-state index is 12.0. The van der Waals surface area contributed by atoms with Gasteiger partial charge in [-0.15, -0.1) is 0 Å². The van der Waals surface area contributed by atoms with Gasteiger partial charge < -0.3 is 19.7 Å². The topological polar surface area (TPSA) is 50.8 Å². The molecule has 21 heavy (non-hydrogen) atoms. The second-order valence-electron chi connectivity index (χ2n) is 5.77. The molecule has 5 nitrogen and oxygen atoms in total. The van der Waals surface area contributed by atoms with Gasteiger partial charge in [0.05, 0.1) is 12.1 Å². The number of rotatable bonds is 7. The number of aryl methyl sites for hydroxylation is 1. The lowest BCUT2D eigenvalue weighted by Gasteiger charge is -2.39. The Morgan fingerprint density at radius 1 is 1.38 bits per heavy atom. The summed E-state index contributed by atoms with van der Waals surface area (Å²) >= 11 is 0. The Labute approximate surface area is 126 Å². The number of nitrogens with one attached hydrogen (secondary N) is 1. The molecule has 0 radical (unpaired) electrons. The van der Waals surface area contributed by atoms with Crippen molar-refractivity contribution < 1.29 is 14.3 Å². The fourth-order valence-electron chi connectivity index (χ4n) is 2.06. The third kappa shape index (κ3) is 4.44. The monoisotopic (exact) mass is 292 g/mol. The fourth-order valence-corrected chi connectivity index (χ4v) is 2.06. The molecule has 1 aliphatic rings. The summed E-state index contributed by atoms with van der Waals surface area (Å²) in [5.41, 5.74) is 0.911. The van der Waals surface area contributed by atoms with Crippen LogP contribution < -0.4 is 10.1 Å². The highest BCUT2D eigenvalue weighted by molar-refractivity contribution is 5.77. The van der Waals surface area contributed by atoms with Gasteiger partial charge in [-0.05, 0) is 25.5 Å². The molecule has 1 N–H and O–H groups in total. The Balaban J connectivity index is 1.68.